The molecule has 0 aliphatic carbocycles. The SMILES string of the molecule is O=[N+]([O-])c1ccc(N/N=C\c2c(Cl)n(-c3ccccc3)c3ccccc23)c([N+](=O)[O-])c1. The number of para-hydroxylation sites is 2. The summed E-state index contributed by atoms with van der Waals surface area (Å²) in [7, 11) is 0. The van der Waals surface area contributed by atoms with Gasteiger partial charge in [-0.1, -0.05) is 48.0 Å². The van der Waals surface area contributed by atoms with Gasteiger partial charge in [0.15, 0.2) is 0 Å². The third kappa shape index (κ3) is 3.81. The Labute approximate surface area is 180 Å². The molecule has 0 aliphatic heterocycles. The molecule has 0 aliphatic rings. The van der Waals surface area contributed by atoms with E-state index in [4.69, 9.17) is 11.6 Å². The van der Waals surface area contributed by atoms with Crippen LogP contribution in [-0.4, -0.2) is 20.6 Å². The Bertz CT molecular complexity index is 1330. The van der Waals surface area contributed by atoms with Gasteiger partial charge in [0.1, 0.15) is 10.8 Å². The predicted molar refractivity (Wildman–Crippen MR) is 119 cm³/mol. The van der Waals surface area contributed by atoms with Crippen LogP contribution in [0.5, 0.6) is 0 Å². The largest absolute Gasteiger partial charge is 0.301 e. The van der Waals surface area contributed by atoms with E-state index in [0.29, 0.717) is 10.7 Å². The van der Waals surface area contributed by atoms with Crippen molar-refractivity contribution in [1.29, 1.82) is 0 Å². The van der Waals surface area contributed by atoms with Crippen LogP contribution in [0.15, 0.2) is 77.9 Å². The minimum Gasteiger partial charge on any atom is -0.300 e. The van der Waals surface area contributed by atoms with Crippen LogP contribution in [-0.2, 0) is 0 Å². The van der Waals surface area contributed by atoms with Gasteiger partial charge in [-0.2, -0.15) is 5.10 Å². The molecule has 0 amide bonds. The van der Waals surface area contributed by atoms with Crippen molar-refractivity contribution in [3.63, 3.8) is 0 Å². The standard InChI is InChI=1S/C21H14ClN5O4/c22-21-17(13-23-24-18-11-10-15(26(28)29)12-20(18)27(30)31)16-8-4-5-9-19(16)25(21)14-6-2-1-3-7-14/h1-13,24H/b23-13-. The lowest BCUT2D eigenvalue weighted by Gasteiger charge is -2.06. The van der Waals surface area contributed by atoms with Gasteiger partial charge in [-0.05, 0) is 24.3 Å². The van der Waals surface area contributed by atoms with Crippen LogP contribution < -0.4 is 5.43 Å². The minimum absolute atomic E-state index is 0.0229. The van der Waals surface area contributed by atoms with Crippen LogP contribution in [0.2, 0.25) is 5.15 Å². The number of aromatic nitrogens is 1. The van der Waals surface area contributed by atoms with Crippen LogP contribution in [0.1, 0.15) is 5.56 Å². The normalized spacial score (nSPS) is 11.1. The molecule has 10 heteroatoms. The summed E-state index contributed by atoms with van der Waals surface area (Å²) in [5, 5.41) is 27.5. The predicted octanol–water partition coefficient (Wildman–Crippen LogP) is 5.55. The summed E-state index contributed by atoms with van der Waals surface area (Å²) in [5.41, 5.74) is 4.15. The van der Waals surface area contributed by atoms with Gasteiger partial charge in [0.25, 0.3) is 5.69 Å². The van der Waals surface area contributed by atoms with Crippen molar-refractivity contribution in [2.45, 2.75) is 0 Å². The van der Waals surface area contributed by atoms with Crippen LogP contribution in [0.4, 0.5) is 17.1 Å². The summed E-state index contributed by atoms with van der Waals surface area (Å²) in [6.07, 6.45) is 1.47. The number of rotatable bonds is 6. The molecule has 0 saturated carbocycles. The second-order valence-electron chi connectivity index (χ2n) is 6.48. The number of halogens is 1. The van der Waals surface area contributed by atoms with Gasteiger partial charge in [0.05, 0.1) is 27.6 Å². The van der Waals surface area contributed by atoms with E-state index in [2.05, 4.69) is 10.5 Å². The average molecular weight is 436 g/mol. The maximum atomic E-state index is 11.3. The number of anilines is 1. The lowest BCUT2D eigenvalue weighted by atomic mass is 10.2. The van der Waals surface area contributed by atoms with E-state index < -0.39 is 15.5 Å². The Hall–Kier alpha value is -4.24. The number of nitrogens with zero attached hydrogens (tertiary/aromatic N) is 4. The zero-order chi connectivity index (χ0) is 22.0. The molecule has 0 unspecified atom stereocenters. The molecule has 31 heavy (non-hydrogen) atoms. The maximum Gasteiger partial charge on any atom is 0.301 e. The Morgan fingerprint density at radius 1 is 0.935 bits per heavy atom. The van der Waals surface area contributed by atoms with Gasteiger partial charge in [0.2, 0.25) is 0 Å². The van der Waals surface area contributed by atoms with Gasteiger partial charge in [0, 0.05) is 22.7 Å². The van der Waals surface area contributed by atoms with Gasteiger partial charge in [-0.25, -0.2) is 0 Å². The van der Waals surface area contributed by atoms with Gasteiger partial charge >= 0.3 is 5.69 Å². The molecule has 4 rings (SSSR count). The molecule has 0 spiro atoms. The first-order chi connectivity index (χ1) is 15.0. The zero-order valence-corrected chi connectivity index (χ0v) is 16.6. The highest BCUT2D eigenvalue weighted by molar-refractivity contribution is 6.34. The lowest BCUT2D eigenvalue weighted by molar-refractivity contribution is -0.393. The molecule has 0 radical (unpaired) electrons. The van der Waals surface area contributed by atoms with E-state index in [0.717, 1.165) is 22.7 Å². The maximum absolute atomic E-state index is 11.3. The molecule has 0 saturated heterocycles. The van der Waals surface area contributed by atoms with Crippen LogP contribution in [0, 0.1) is 20.2 Å². The number of hydrogen-bond acceptors (Lipinski definition) is 6. The first kappa shape index (κ1) is 20.0. The van der Waals surface area contributed by atoms with Crippen molar-refractivity contribution in [1.82, 2.24) is 4.57 Å². The number of hydrazone groups is 1. The van der Waals surface area contributed by atoms with E-state index in [-0.39, 0.29) is 11.4 Å². The monoisotopic (exact) mass is 435 g/mol. The van der Waals surface area contributed by atoms with Gasteiger partial charge in [-0.3, -0.25) is 30.2 Å². The number of nitrogens with one attached hydrogen (secondary N) is 1. The highest BCUT2D eigenvalue weighted by Crippen LogP contribution is 2.32. The third-order valence-electron chi connectivity index (χ3n) is 4.64. The quantitative estimate of drug-likeness (QED) is 0.242. The molecule has 9 nitrogen and oxygen atoms in total. The number of nitro groups is 2. The molecular weight excluding hydrogens is 422 g/mol. The second-order valence-corrected chi connectivity index (χ2v) is 6.84. The molecule has 0 fully saturated rings. The van der Waals surface area contributed by atoms with Gasteiger partial charge < -0.3 is 0 Å². The zero-order valence-electron chi connectivity index (χ0n) is 15.8. The minimum atomic E-state index is -0.709. The Morgan fingerprint density at radius 3 is 2.35 bits per heavy atom. The lowest BCUT2D eigenvalue weighted by Crippen LogP contribution is -1.99. The Kier molecular flexibility index (Phi) is 5.33. The number of benzene rings is 3. The van der Waals surface area contributed by atoms with Crippen molar-refractivity contribution in [2.75, 3.05) is 5.43 Å². The fourth-order valence-electron chi connectivity index (χ4n) is 3.23. The molecule has 1 N–H and O–H groups in total. The third-order valence-corrected chi connectivity index (χ3v) is 5.01. The van der Waals surface area contributed by atoms with E-state index in [1.165, 1.54) is 18.3 Å². The van der Waals surface area contributed by atoms with Crippen molar-refractivity contribution < 1.29 is 9.85 Å². The first-order valence-electron chi connectivity index (χ1n) is 9.03. The van der Waals surface area contributed by atoms with Gasteiger partial charge in [-0.15, -0.1) is 0 Å². The highest BCUT2D eigenvalue weighted by Gasteiger charge is 2.19. The summed E-state index contributed by atoms with van der Waals surface area (Å²) in [6.45, 7) is 0. The summed E-state index contributed by atoms with van der Waals surface area (Å²) in [5.74, 6) is 0. The van der Waals surface area contributed by atoms with Crippen LogP contribution in [0.3, 0.4) is 0 Å². The molecule has 4 aromatic rings. The summed E-state index contributed by atoms with van der Waals surface area (Å²) >= 11 is 6.67. The van der Waals surface area contributed by atoms with Crippen molar-refractivity contribution >= 4 is 45.8 Å². The molecule has 154 valence electrons. The Morgan fingerprint density at radius 2 is 1.65 bits per heavy atom. The van der Waals surface area contributed by atoms with Crippen molar-refractivity contribution in [2.24, 2.45) is 5.10 Å². The van der Waals surface area contributed by atoms with Crippen molar-refractivity contribution in [3.05, 3.63) is 104 Å². The topological polar surface area (TPSA) is 116 Å². The number of fused-ring (bicyclic) bond motifs is 1. The number of nitro benzene ring substituents is 2. The smallest absolute Gasteiger partial charge is 0.300 e. The fraction of sp³-hybridized carbons (Fsp3) is 0. The summed E-state index contributed by atoms with van der Waals surface area (Å²) in [6, 6.07) is 20.5. The molecule has 1 aromatic heterocycles. The van der Waals surface area contributed by atoms with E-state index in [1.807, 2.05) is 59.2 Å². The number of non-ortho nitro benzene ring substituents is 1. The van der Waals surface area contributed by atoms with E-state index in [9.17, 15) is 20.2 Å². The van der Waals surface area contributed by atoms with Crippen molar-refractivity contribution in [3.8, 4) is 5.69 Å². The fourth-order valence-corrected chi connectivity index (χ4v) is 3.57. The van der Waals surface area contributed by atoms with Crippen LogP contribution >= 0.6 is 11.6 Å². The van der Waals surface area contributed by atoms with Crippen LogP contribution in [0.25, 0.3) is 16.6 Å². The summed E-state index contributed by atoms with van der Waals surface area (Å²) in [4.78, 5) is 20.8. The average Bonchev–Trinajstić information content (AvgIpc) is 3.05. The van der Waals surface area contributed by atoms with E-state index >= 15 is 0 Å². The highest BCUT2D eigenvalue weighted by atomic mass is 35.5. The molecule has 1 heterocycles. The number of hydrogen-bond donors (Lipinski definition) is 1. The molecule has 0 bridgehead atoms. The first-order valence-corrected chi connectivity index (χ1v) is 9.41. The second kappa shape index (κ2) is 8.25. The van der Waals surface area contributed by atoms with E-state index in [1.54, 1.807) is 0 Å². The molecule has 0 atom stereocenters. The molecule has 3 aromatic carbocycles. The Balaban J connectivity index is 1.73. The summed E-state index contributed by atoms with van der Waals surface area (Å²) < 4.78 is 1.88. The molecular formula is C21H14ClN5O4.